The Balaban J connectivity index is 2.02. The van der Waals surface area contributed by atoms with Gasteiger partial charge in [0.2, 0.25) is 0 Å². The summed E-state index contributed by atoms with van der Waals surface area (Å²) in [7, 11) is -4.50. The molecule has 0 unspecified atom stereocenters. The molecule has 0 aliphatic rings. The van der Waals surface area contributed by atoms with Crippen LogP contribution >= 0.6 is 11.6 Å². The van der Waals surface area contributed by atoms with Gasteiger partial charge in [-0.15, -0.1) is 0 Å². The predicted octanol–water partition coefficient (Wildman–Crippen LogP) is 4.88. The molecule has 0 bridgehead atoms. The molecule has 0 saturated carbocycles. The van der Waals surface area contributed by atoms with Crippen LogP contribution < -0.4 is 5.56 Å². The molecule has 31 heavy (non-hydrogen) atoms. The fourth-order valence-corrected chi connectivity index (χ4v) is 4.70. The van der Waals surface area contributed by atoms with Gasteiger partial charge in [-0.1, -0.05) is 53.6 Å². The molecule has 0 spiro atoms. The van der Waals surface area contributed by atoms with Crippen molar-refractivity contribution in [2.75, 3.05) is 0 Å². The smallest absolute Gasteiger partial charge is 0.282 e. The van der Waals surface area contributed by atoms with Crippen molar-refractivity contribution >= 4 is 32.5 Å². The summed E-state index contributed by atoms with van der Waals surface area (Å²) in [6, 6.07) is 15.7. The summed E-state index contributed by atoms with van der Waals surface area (Å²) in [5, 5.41) is 2.18. The highest BCUT2D eigenvalue weighted by Crippen LogP contribution is 2.32. The minimum atomic E-state index is -4.50. The molecule has 1 aromatic heterocycles. The maximum absolute atomic E-state index is 13.4. The highest BCUT2D eigenvalue weighted by atomic mass is 35.5. The molecule has 6 nitrogen and oxygen atoms in total. The van der Waals surface area contributed by atoms with E-state index in [0.717, 1.165) is 16.3 Å². The van der Waals surface area contributed by atoms with Crippen molar-refractivity contribution in [2.24, 2.45) is 0 Å². The SMILES string of the molecule is Cc1ccc(S(=O)(=O)O)c(-c2nc(C)n(-c3ccc4ccccc4c3Cl)c(=O)c2C)c1. The second kappa shape index (κ2) is 7.60. The third-order valence-electron chi connectivity index (χ3n) is 5.23. The molecule has 0 saturated heterocycles. The Hall–Kier alpha value is -3.00. The quantitative estimate of drug-likeness (QED) is 0.446. The largest absolute Gasteiger partial charge is 0.295 e. The number of aryl methyl sites for hydroxylation is 2. The van der Waals surface area contributed by atoms with Gasteiger partial charge >= 0.3 is 0 Å². The lowest BCUT2D eigenvalue weighted by atomic mass is 10.0. The van der Waals surface area contributed by atoms with E-state index < -0.39 is 10.1 Å². The van der Waals surface area contributed by atoms with Crippen LogP contribution in [0.5, 0.6) is 0 Å². The normalized spacial score (nSPS) is 11.8. The lowest BCUT2D eigenvalue weighted by Crippen LogP contribution is -2.25. The van der Waals surface area contributed by atoms with Crippen molar-refractivity contribution < 1.29 is 13.0 Å². The maximum atomic E-state index is 13.4. The van der Waals surface area contributed by atoms with Gasteiger partial charge in [0.25, 0.3) is 15.7 Å². The van der Waals surface area contributed by atoms with E-state index in [1.165, 1.54) is 10.6 Å². The molecular weight excluding hydrogens is 436 g/mol. The van der Waals surface area contributed by atoms with Crippen LogP contribution in [0.1, 0.15) is 17.0 Å². The first kappa shape index (κ1) is 21.2. The van der Waals surface area contributed by atoms with Gasteiger partial charge in [0, 0.05) is 16.5 Å². The first-order valence-corrected chi connectivity index (χ1v) is 11.3. The molecule has 3 aromatic carbocycles. The molecule has 0 atom stereocenters. The topological polar surface area (TPSA) is 89.3 Å². The Kier molecular flexibility index (Phi) is 5.21. The fraction of sp³-hybridized carbons (Fsp3) is 0.130. The fourth-order valence-electron chi connectivity index (χ4n) is 3.71. The number of rotatable bonds is 3. The molecule has 1 N–H and O–H groups in total. The summed E-state index contributed by atoms with van der Waals surface area (Å²) in [5.74, 6) is 0.338. The molecule has 0 amide bonds. The zero-order chi connectivity index (χ0) is 22.5. The molecule has 8 heteroatoms. The van der Waals surface area contributed by atoms with Crippen LogP contribution in [0, 0.1) is 20.8 Å². The molecule has 0 aliphatic heterocycles. The molecule has 0 fully saturated rings. The Bertz CT molecular complexity index is 1530. The Morgan fingerprint density at radius 3 is 2.42 bits per heavy atom. The van der Waals surface area contributed by atoms with E-state index >= 15 is 0 Å². The van der Waals surface area contributed by atoms with E-state index in [1.807, 2.05) is 30.3 Å². The van der Waals surface area contributed by atoms with Crippen LogP contribution in [0.4, 0.5) is 0 Å². The Morgan fingerprint density at radius 2 is 1.71 bits per heavy atom. The van der Waals surface area contributed by atoms with E-state index in [4.69, 9.17) is 11.6 Å². The van der Waals surface area contributed by atoms with E-state index in [0.29, 0.717) is 16.5 Å². The van der Waals surface area contributed by atoms with Crippen LogP contribution in [0.15, 0.2) is 64.3 Å². The van der Waals surface area contributed by atoms with E-state index in [1.54, 1.807) is 39.0 Å². The molecular formula is C23H19ClN2O4S. The second-order valence-corrected chi connectivity index (χ2v) is 9.14. The third kappa shape index (κ3) is 3.65. The summed E-state index contributed by atoms with van der Waals surface area (Å²) in [4.78, 5) is 17.6. The zero-order valence-corrected chi connectivity index (χ0v) is 18.6. The molecule has 0 radical (unpaired) electrons. The molecule has 0 aliphatic carbocycles. The van der Waals surface area contributed by atoms with Crippen molar-refractivity contribution in [1.82, 2.24) is 9.55 Å². The lowest BCUT2D eigenvalue weighted by molar-refractivity contribution is 0.483. The van der Waals surface area contributed by atoms with Crippen LogP contribution in [-0.2, 0) is 10.1 Å². The predicted molar refractivity (Wildman–Crippen MR) is 122 cm³/mol. The van der Waals surface area contributed by atoms with Crippen molar-refractivity contribution in [3.05, 3.63) is 86.9 Å². The van der Waals surface area contributed by atoms with Gasteiger partial charge in [-0.2, -0.15) is 8.42 Å². The average molecular weight is 455 g/mol. The third-order valence-corrected chi connectivity index (χ3v) is 6.54. The molecule has 158 valence electrons. The van der Waals surface area contributed by atoms with Crippen molar-refractivity contribution in [2.45, 2.75) is 25.7 Å². The summed E-state index contributed by atoms with van der Waals surface area (Å²) >= 11 is 6.64. The maximum Gasteiger partial charge on any atom is 0.295 e. The molecule has 4 aromatic rings. The number of nitrogens with zero attached hydrogens (tertiary/aromatic N) is 2. The second-order valence-electron chi connectivity index (χ2n) is 7.37. The van der Waals surface area contributed by atoms with Crippen molar-refractivity contribution in [3.63, 3.8) is 0 Å². The minimum absolute atomic E-state index is 0.178. The van der Waals surface area contributed by atoms with E-state index in [2.05, 4.69) is 4.98 Å². The van der Waals surface area contributed by atoms with Gasteiger partial charge in [0.05, 0.1) is 16.4 Å². The summed E-state index contributed by atoms with van der Waals surface area (Å²) in [5.41, 5.74) is 1.50. The standard InChI is InChI=1S/C23H19ClN2O4S/c1-13-8-11-20(31(28,29)30)18(12-13)22-14(2)23(27)26(15(3)25-22)19-10-9-16-6-4-5-7-17(16)21(19)24/h4-12H,1-3H3,(H,28,29,30). The number of halogens is 1. The highest BCUT2D eigenvalue weighted by molar-refractivity contribution is 7.86. The van der Waals surface area contributed by atoms with Gasteiger partial charge in [-0.05, 0) is 44.4 Å². The summed E-state index contributed by atoms with van der Waals surface area (Å²) < 4.78 is 34.9. The van der Waals surface area contributed by atoms with Gasteiger partial charge < -0.3 is 0 Å². The number of benzene rings is 3. The summed E-state index contributed by atoms with van der Waals surface area (Å²) in [6.45, 7) is 5.01. The Morgan fingerprint density at radius 1 is 1.00 bits per heavy atom. The molecule has 1 heterocycles. The first-order valence-electron chi connectivity index (χ1n) is 9.46. The number of hydrogen-bond acceptors (Lipinski definition) is 4. The first-order chi connectivity index (χ1) is 14.6. The molecule has 4 rings (SSSR count). The van der Waals surface area contributed by atoms with Gasteiger partial charge in [-0.3, -0.25) is 13.9 Å². The minimum Gasteiger partial charge on any atom is -0.282 e. The van der Waals surface area contributed by atoms with Crippen LogP contribution in [0.25, 0.3) is 27.7 Å². The van der Waals surface area contributed by atoms with Gasteiger partial charge in [-0.25, -0.2) is 4.98 Å². The van der Waals surface area contributed by atoms with Crippen molar-refractivity contribution in [3.8, 4) is 16.9 Å². The number of aromatic nitrogens is 2. The highest BCUT2D eigenvalue weighted by Gasteiger charge is 2.22. The average Bonchev–Trinajstić information content (AvgIpc) is 2.71. The van der Waals surface area contributed by atoms with Crippen LogP contribution in [0.3, 0.4) is 0 Å². The van der Waals surface area contributed by atoms with Gasteiger partial charge in [0.15, 0.2) is 0 Å². The van der Waals surface area contributed by atoms with Crippen LogP contribution in [-0.4, -0.2) is 22.5 Å². The monoisotopic (exact) mass is 454 g/mol. The number of fused-ring (bicyclic) bond motifs is 1. The summed E-state index contributed by atoms with van der Waals surface area (Å²) in [6.07, 6.45) is 0. The van der Waals surface area contributed by atoms with E-state index in [-0.39, 0.29) is 27.3 Å². The van der Waals surface area contributed by atoms with Gasteiger partial charge in [0.1, 0.15) is 10.7 Å². The lowest BCUT2D eigenvalue weighted by Gasteiger charge is -2.17. The van der Waals surface area contributed by atoms with E-state index in [9.17, 15) is 17.8 Å². The zero-order valence-electron chi connectivity index (χ0n) is 17.0. The number of hydrogen-bond donors (Lipinski definition) is 1. The van der Waals surface area contributed by atoms with Crippen molar-refractivity contribution in [1.29, 1.82) is 0 Å². The Labute approximate surface area is 184 Å². The van der Waals surface area contributed by atoms with Crippen LogP contribution in [0.2, 0.25) is 5.02 Å².